The van der Waals surface area contributed by atoms with Crippen molar-refractivity contribution in [3.8, 4) is 17.2 Å². The van der Waals surface area contributed by atoms with Gasteiger partial charge in [0.2, 0.25) is 5.96 Å². The molecule has 9 nitrogen and oxygen atoms in total. The van der Waals surface area contributed by atoms with E-state index in [1.807, 2.05) is 42.9 Å². The van der Waals surface area contributed by atoms with Gasteiger partial charge in [-0.1, -0.05) is 13.0 Å². The van der Waals surface area contributed by atoms with Gasteiger partial charge in [-0.15, -0.1) is 0 Å². The van der Waals surface area contributed by atoms with E-state index in [9.17, 15) is 4.79 Å². The fourth-order valence-electron chi connectivity index (χ4n) is 3.54. The monoisotopic (exact) mass is 479 g/mol. The van der Waals surface area contributed by atoms with Crippen molar-refractivity contribution >= 4 is 17.6 Å². The second-order valence-electron chi connectivity index (χ2n) is 8.02. The second-order valence-corrected chi connectivity index (χ2v) is 8.02. The Morgan fingerprint density at radius 3 is 2.40 bits per heavy atom. The lowest BCUT2D eigenvalue weighted by atomic mass is 10.2. The first-order chi connectivity index (χ1) is 16.9. The van der Waals surface area contributed by atoms with Crippen LogP contribution < -0.4 is 24.8 Å². The minimum Gasteiger partial charge on any atom is -0.495 e. The largest absolute Gasteiger partial charge is 0.495 e. The van der Waals surface area contributed by atoms with Gasteiger partial charge in [-0.3, -0.25) is 14.8 Å². The molecule has 1 heterocycles. The van der Waals surface area contributed by atoms with Crippen molar-refractivity contribution in [2.75, 3.05) is 26.6 Å². The molecular formula is C26H33N5O4. The molecule has 0 atom stereocenters. The fourth-order valence-corrected chi connectivity index (χ4v) is 3.54. The molecule has 0 saturated heterocycles. The molecule has 3 rings (SSSR count). The number of anilines is 1. The number of carbonyl (C=O) groups excluding carboxylic acids is 1. The van der Waals surface area contributed by atoms with Crippen LogP contribution in [-0.2, 0) is 13.1 Å². The Labute approximate surface area is 206 Å². The Morgan fingerprint density at radius 2 is 1.71 bits per heavy atom. The number of hydrogen-bond acceptors (Lipinski definition) is 6. The molecular weight excluding hydrogens is 446 g/mol. The molecule has 1 amide bonds. The number of hydrogen-bond donors (Lipinski definition) is 2. The minimum atomic E-state index is -0.345. The molecule has 0 radical (unpaired) electrons. The number of amides is 1. The number of carbonyl (C=O) groups is 1. The van der Waals surface area contributed by atoms with Gasteiger partial charge >= 0.3 is 0 Å². The van der Waals surface area contributed by atoms with Crippen LogP contribution in [0.4, 0.5) is 5.69 Å². The molecule has 2 N–H and O–H groups in total. The minimum absolute atomic E-state index is 0.288. The Hall–Kier alpha value is -4.01. The summed E-state index contributed by atoms with van der Waals surface area (Å²) in [6.07, 6.45) is 2.98. The molecule has 9 heteroatoms. The number of aliphatic imine (C=N–C) groups is 1. The van der Waals surface area contributed by atoms with E-state index in [4.69, 9.17) is 14.2 Å². The molecule has 2 aromatic carbocycles. The van der Waals surface area contributed by atoms with Gasteiger partial charge in [0.15, 0.2) is 11.5 Å². The maximum absolute atomic E-state index is 13.1. The number of nitrogens with one attached hydrogen (secondary N) is 2. The van der Waals surface area contributed by atoms with Crippen molar-refractivity contribution in [2.24, 2.45) is 4.99 Å². The van der Waals surface area contributed by atoms with E-state index in [0.717, 1.165) is 29.8 Å². The lowest BCUT2D eigenvalue weighted by Crippen LogP contribution is -2.36. The van der Waals surface area contributed by atoms with Gasteiger partial charge in [0.1, 0.15) is 5.75 Å². The van der Waals surface area contributed by atoms with Crippen LogP contribution in [0.25, 0.3) is 0 Å². The summed E-state index contributed by atoms with van der Waals surface area (Å²) in [4.78, 5) is 17.8. The van der Waals surface area contributed by atoms with E-state index >= 15 is 0 Å². The highest BCUT2D eigenvalue weighted by atomic mass is 16.5. The highest BCUT2D eigenvalue weighted by Gasteiger charge is 2.15. The lowest BCUT2D eigenvalue weighted by molar-refractivity contribution is 0.0976. The first-order valence-electron chi connectivity index (χ1n) is 11.4. The molecule has 0 aliphatic rings. The van der Waals surface area contributed by atoms with Gasteiger partial charge in [0, 0.05) is 23.9 Å². The molecule has 0 fully saturated rings. The molecule has 1 aromatic heterocycles. The SMILES string of the molecule is CCCn1cc(CN=C(NC(=O)c2ccc(OC)c(OC)c2)Nc2cc(C)ccc2OC)c(C)n1. The summed E-state index contributed by atoms with van der Waals surface area (Å²) < 4.78 is 18.0. The fraction of sp³-hybridized carbons (Fsp3) is 0.346. The van der Waals surface area contributed by atoms with E-state index < -0.39 is 0 Å². The van der Waals surface area contributed by atoms with Crippen molar-refractivity contribution in [1.29, 1.82) is 0 Å². The van der Waals surface area contributed by atoms with Crippen LogP contribution >= 0.6 is 0 Å². The zero-order valence-corrected chi connectivity index (χ0v) is 21.1. The van der Waals surface area contributed by atoms with Gasteiger partial charge in [0.25, 0.3) is 5.91 Å². The van der Waals surface area contributed by atoms with Gasteiger partial charge in [-0.2, -0.15) is 5.10 Å². The van der Waals surface area contributed by atoms with Crippen LogP contribution in [0.2, 0.25) is 0 Å². The first-order valence-corrected chi connectivity index (χ1v) is 11.4. The summed E-state index contributed by atoms with van der Waals surface area (Å²) in [7, 11) is 4.67. The predicted octanol–water partition coefficient (Wildman–Crippen LogP) is 4.33. The Morgan fingerprint density at radius 1 is 1.00 bits per heavy atom. The summed E-state index contributed by atoms with van der Waals surface area (Å²) in [5, 5.41) is 10.6. The van der Waals surface area contributed by atoms with Crippen LogP contribution in [0.1, 0.15) is 40.5 Å². The highest BCUT2D eigenvalue weighted by molar-refractivity contribution is 6.10. The average Bonchev–Trinajstić information content (AvgIpc) is 3.21. The topological polar surface area (TPSA) is 99.0 Å². The quantitative estimate of drug-likeness (QED) is 0.350. The summed E-state index contributed by atoms with van der Waals surface area (Å²) in [6, 6.07) is 10.7. The second kappa shape index (κ2) is 11.9. The van der Waals surface area contributed by atoms with Gasteiger partial charge < -0.3 is 19.5 Å². The number of rotatable bonds is 9. The molecule has 35 heavy (non-hydrogen) atoms. The summed E-state index contributed by atoms with van der Waals surface area (Å²) in [5.41, 5.74) is 4.02. The summed E-state index contributed by atoms with van der Waals surface area (Å²) in [5.74, 6) is 1.58. The zero-order chi connectivity index (χ0) is 25.4. The van der Waals surface area contributed by atoms with Crippen molar-refractivity contribution in [3.05, 3.63) is 65.0 Å². The number of benzene rings is 2. The van der Waals surface area contributed by atoms with E-state index in [2.05, 4.69) is 27.6 Å². The Balaban J connectivity index is 1.91. The summed E-state index contributed by atoms with van der Waals surface area (Å²) in [6.45, 7) is 7.23. The molecule has 0 saturated carbocycles. The maximum atomic E-state index is 13.1. The van der Waals surface area contributed by atoms with Crippen molar-refractivity contribution in [3.63, 3.8) is 0 Å². The van der Waals surface area contributed by atoms with E-state index in [0.29, 0.717) is 35.0 Å². The standard InChI is InChI=1S/C26H33N5O4/c1-7-12-31-16-20(18(3)30-31)15-27-26(28-21-13-17(2)8-10-22(21)33-4)29-25(32)19-9-11-23(34-5)24(14-19)35-6/h8-11,13-14,16H,7,12,15H2,1-6H3,(H2,27,28,29,32). The molecule has 0 aliphatic carbocycles. The van der Waals surface area contributed by atoms with Crippen LogP contribution in [-0.4, -0.2) is 43.0 Å². The number of methoxy groups -OCH3 is 3. The maximum Gasteiger partial charge on any atom is 0.258 e. The van der Waals surface area contributed by atoms with Crippen molar-refractivity contribution < 1.29 is 19.0 Å². The average molecular weight is 480 g/mol. The number of aromatic nitrogens is 2. The van der Waals surface area contributed by atoms with Gasteiger partial charge in [-0.05, 0) is 56.2 Å². The molecule has 3 aromatic rings. The van der Waals surface area contributed by atoms with Crippen LogP contribution in [0.15, 0.2) is 47.6 Å². The van der Waals surface area contributed by atoms with E-state index in [-0.39, 0.29) is 11.9 Å². The summed E-state index contributed by atoms with van der Waals surface area (Å²) >= 11 is 0. The Bertz CT molecular complexity index is 1200. The van der Waals surface area contributed by atoms with Crippen molar-refractivity contribution in [2.45, 2.75) is 40.3 Å². The normalized spacial score (nSPS) is 11.2. The molecule has 0 aliphatic heterocycles. The molecule has 0 bridgehead atoms. The van der Waals surface area contributed by atoms with Crippen molar-refractivity contribution in [1.82, 2.24) is 15.1 Å². The number of ether oxygens (including phenoxy) is 3. The molecule has 186 valence electrons. The van der Waals surface area contributed by atoms with Gasteiger partial charge in [0.05, 0.1) is 39.3 Å². The van der Waals surface area contributed by atoms with Gasteiger partial charge in [-0.25, -0.2) is 4.99 Å². The number of nitrogens with zero attached hydrogens (tertiary/aromatic N) is 3. The van der Waals surface area contributed by atoms with Crippen LogP contribution in [0, 0.1) is 13.8 Å². The number of guanidine groups is 1. The predicted molar refractivity (Wildman–Crippen MR) is 137 cm³/mol. The Kier molecular flexibility index (Phi) is 8.72. The van der Waals surface area contributed by atoms with Crippen LogP contribution in [0.5, 0.6) is 17.2 Å². The van der Waals surface area contributed by atoms with E-state index in [1.165, 1.54) is 7.11 Å². The smallest absolute Gasteiger partial charge is 0.258 e. The van der Waals surface area contributed by atoms with Crippen LogP contribution in [0.3, 0.4) is 0 Å². The molecule has 0 spiro atoms. The molecule has 0 unspecified atom stereocenters. The third kappa shape index (κ3) is 6.53. The third-order valence-electron chi connectivity index (χ3n) is 5.39. The lowest BCUT2D eigenvalue weighted by Gasteiger charge is -2.15. The van der Waals surface area contributed by atoms with E-state index in [1.54, 1.807) is 32.4 Å². The zero-order valence-electron chi connectivity index (χ0n) is 21.1. The third-order valence-corrected chi connectivity index (χ3v) is 5.39. The highest BCUT2D eigenvalue weighted by Crippen LogP contribution is 2.28. The first kappa shape index (κ1) is 25.6. The number of aryl methyl sites for hydroxylation is 3.